The fraction of sp³-hybridized carbons (Fsp3) is 0.471. The Kier molecular flexibility index (Phi) is 3.81. The second kappa shape index (κ2) is 5.96. The lowest BCUT2D eigenvalue weighted by Crippen LogP contribution is -2.40. The third kappa shape index (κ3) is 3.11. The highest BCUT2D eigenvalue weighted by Crippen LogP contribution is 2.34. The summed E-state index contributed by atoms with van der Waals surface area (Å²) in [5, 5.41) is 4.76. The Morgan fingerprint density at radius 2 is 2.00 bits per heavy atom. The first-order valence-electron chi connectivity index (χ1n) is 8.09. The van der Waals surface area contributed by atoms with Crippen molar-refractivity contribution >= 4 is 17.5 Å². The van der Waals surface area contributed by atoms with Gasteiger partial charge in [0.25, 0.3) is 0 Å². The minimum absolute atomic E-state index is 0.139. The van der Waals surface area contributed by atoms with Crippen molar-refractivity contribution in [3.8, 4) is 11.4 Å². The summed E-state index contributed by atoms with van der Waals surface area (Å²) in [5.41, 5.74) is 0.881. The number of hydrogen-bond donors (Lipinski definition) is 0. The van der Waals surface area contributed by atoms with Crippen LogP contribution in [0.4, 0.5) is 0 Å². The van der Waals surface area contributed by atoms with Crippen molar-refractivity contribution in [3.05, 3.63) is 35.2 Å². The van der Waals surface area contributed by atoms with Crippen LogP contribution in [-0.2, 0) is 4.79 Å². The van der Waals surface area contributed by atoms with Crippen molar-refractivity contribution in [3.63, 3.8) is 0 Å². The zero-order valence-electron chi connectivity index (χ0n) is 12.7. The number of benzene rings is 1. The van der Waals surface area contributed by atoms with Gasteiger partial charge in [-0.05, 0) is 49.9 Å². The number of amides is 1. The number of rotatable bonds is 3. The molecule has 23 heavy (non-hydrogen) atoms. The molecule has 1 amide bonds. The fourth-order valence-corrected chi connectivity index (χ4v) is 3.21. The van der Waals surface area contributed by atoms with E-state index in [0.717, 1.165) is 37.8 Å². The molecule has 1 saturated carbocycles. The van der Waals surface area contributed by atoms with E-state index < -0.39 is 0 Å². The van der Waals surface area contributed by atoms with Gasteiger partial charge in [0.15, 0.2) is 0 Å². The van der Waals surface area contributed by atoms with Gasteiger partial charge < -0.3 is 9.42 Å². The second-order valence-corrected chi connectivity index (χ2v) is 6.80. The Hall–Kier alpha value is -1.88. The van der Waals surface area contributed by atoms with Gasteiger partial charge >= 0.3 is 0 Å². The first-order valence-corrected chi connectivity index (χ1v) is 8.47. The summed E-state index contributed by atoms with van der Waals surface area (Å²) in [6.07, 6.45) is 4.06. The van der Waals surface area contributed by atoms with Crippen molar-refractivity contribution in [1.29, 1.82) is 0 Å². The lowest BCUT2D eigenvalue weighted by molar-refractivity contribution is -0.133. The van der Waals surface area contributed by atoms with Crippen molar-refractivity contribution in [1.82, 2.24) is 15.0 Å². The van der Waals surface area contributed by atoms with E-state index in [1.54, 1.807) is 0 Å². The van der Waals surface area contributed by atoms with Gasteiger partial charge in [0.2, 0.25) is 17.6 Å². The molecule has 1 saturated heterocycles. The highest BCUT2D eigenvalue weighted by atomic mass is 35.5. The number of carbonyl (C=O) groups is 1. The Labute approximate surface area is 139 Å². The molecule has 2 aromatic rings. The van der Waals surface area contributed by atoms with Crippen LogP contribution in [0.1, 0.15) is 37.5 Å². The number of nitrogens with zero attached hydrogens (tertiary/aromatic N) is 3. The van der Waals surface area contributed by atoms with Crippen LogP contribution in [0.2, 0.25) is 5.02 Å². The zero-order valence-corrected chi connectivity index (χ0v) is 13.5. The smallest absolute Gasteiger partial charge is 0.231 e. The molecule has 5 nitrogen and oxygen atoms in total. The van der Waals surface area contributed by atoms with E-state index in [2.05, 4.69) is 10.1 Å². The SMILES string of the molecule is O=C(C1CC1)N1CCCC(c2nc(-c3ccc(Cl)cc3)no2)C1. The average molecular weight is 332 g/mol. The molecule has 1 atom stereocenters. The average Bonchev–Trinajstić information content (AvgIpc) is 3.32. The summed E-state index contributed by atoms with van der Waals surface area (Å²) >= 11 is 5.90. The molecule has 0 radical (unpaired) electrons. The maximum absolute atomic E-state index is 12.2. The number of piperidine rings is 1. The normalized spacial score (nSPS) is 21.4. The highest BCUT2D eigenvalue weighted by Gasteiger charge is 2.36. The first-order chi connectivity index (χ1) is 11.2. The first kappa shape index (κ1) is 14.7. The van der Waals surface area contributed by atoms with E-state index in [0.29, 0.717) is 29.2 Å². The lowest BCUT2D eigenvalue weighted by atomic mass is 9.97. The monoisotopic (exact) mass is 331 g/mol. The Morgan fingerprint density at radius 3 is 2.74 bits per heavy atom. The molecular weight excluding hydrogens is 314 g/mol. The van der Waals surface area contributed by atoms with Crippen LogP contribution in [-0.4, -0.2) is 34.0 Å². The van der Waals surface area contributed by atoms with Gasteiger partial charge in [-0.2, -0.15) is 4.98 Å². The van der Waals surface area contributed by atoms with Gasteiger partial charge in [-0.1, -0.05) is 16.8 Å². The molecular formula is C17H18ClN3O2. The second-order valence-electron chi connectivity index (χ2n) is 6.36. The third-order valence-electron chi connectivity index (χ3n) is 4.55. The van der Waals surface area contributed by atoms with Gasteiger partial charge in [-0.15, -0.1) is 0 Å². The number of aromatic nitrogens is 2. The summed E-state index contributed by atoms with van der Waals surface area (Å²) in [7, 11) is 0. The zero-order chi connectivity index (χ0) is 15.8. The third-order valence-corrected chi connectivity index (χ3v) is 4.81. The molecule has 2 aliphatic rings. The number of halogens is 1. The van der Waals surface area contributed by atoms with Gasteiger partial charge in [0.05, 0.1) is 5.92 Å². The van der Waals surface area contributed by atoms with Crippen LogP contribution < -0.4 is 0 Å². The maximum atomic E-state index is 12.2. The van der Waals surface area contributed by atoms with Crippen molar-refractivity contribution in [2.45, 2.75) is 31.6 Å². The fourth-order valence-electron chi connectivity index (χ4n) is 3.08. The minimum Gasteiger partial charge on any atom is -0.342 e. The van der Waals surface area contributed by atoms with Crippen LogP contribution >= 0.6 is 11.6 Å². The molecule has 2 heterocycles. The van der Waals surface area contributed by atoms with Crippen molar-refractivity contribution < 1.29 is 9.32 Å². The summed E-state index contributed by atoms with van der Waals surface area (Å²) in [4.78, 5) is 18.7. The molecule has 1 aromatic carbocycles. The predicted molar refractivity (Wildman–Crippen MR) is 86.0 cm³/mol. The molecule has 1 aliphatic heterocycles. The lowest BCUT2D eigenvalue weighted by Gasteiger charge is -2.31. The number of carbonyl (C=O) groups excluding carboxylic acids is 1. The van der Waals surface area contributed by atoms with E-state index in [1.165, 1.54) is 0 Å². The Morgan fingerprint density at radius 1 is 1.22 bits per heavy atom. The van der Waals surface area contributed by atoms with Crippen LogP contribution in [0.15, 0.2) is 28.8 Å². The van der Waals surface area contributed by atoms with Crippen LogP contribution in [0.3, 0.4) is 0 Å². The molecule has 1 aliphatic carbocycles. The summed E-state index contributed by atoms with van der Waals surface area (Å²) < 4.78 is 5.46. The molecule has 0 N–H and O–H groups in total. The minimum atomic E-state index is 0.139. The van der Waals surface area contributed by atoms with Gasteiger partial charge in [-0.3, -0.25) is 4.79 Å². The van der Waals surface area contributed by atoms with Crippen LogP contribution in [0, 0.1) is 5.92 Å². The van der Waals surface area contributed by atoms with Gasteiger partial charge in [0, 0.05) is 29.6 Å². The van der Waals surface area contributed by atoms with Crippen molar-refractivity contribution in [2.24, 2.45) is 5.92 Å². The van der Waals surface area contributed by atoms with E-state index >= 15 is 0 Å². The molecule has 1 aromatic heterocycles. The van der Waals surface area contributed by atoms with E-state index in [9.17, 15) is 4.79 Å². The predicted octanol–water partition coefficient (Wildman–Crippen LogP) is 3.51. The van der Waals surface area contributed by atoms with Gasteiger partial charge in [-0.25, -0.2) is 0 Å². The Bertz CT molecular complexity index is 709. The summed E-state index contributed by atoms with van der Waals surface area (Å²) in [6.45, 7) is 1.54. The maximum Gasteiger partial charge on any atom is 0.231 e. The van der Waals surface area contributed by atoms with Crippen LogP contribution in [0.5, 0.6) is 0 Å². The largest absolute Gasteiger partial charge is 0.342 e. The molecule has 4 rings (SSSR count). The van der Waals surface area contributed by atoms with E-state index in [4.69, 9.17) is 16.1 Å². The summed E-state index contributed by atoms with van der Waals surface area (Å²) in [5.74, 6) is 1.90. The van der Waals surface area contributed by atoms with E-state index in [1.807, 2.05) is 29.2 Å². The molecule has 6 heteroatoms. The molecule has 1 unspecified atom stereocenters. The Balaban J connectivity index is 1.49. The van der Waals surface area contributed by atoms with Crippen LogP contribution in [0.25, 0.3) is 11.4 Å². The van der Waals surface area contributed by atoms with E-state index in [-0.39, 0.29) is 11.8 Å². The van der Waals surface area contributed by atoms with Gasteiger partial charge in [0.1, 0.15) is 0 Å². The van der Waals surface area contributed by atoms with Crippen molar-refractivity contribution in [2.75, 3.05) is 13.1 Å². The highest BCUT2D eigenvalue weighted by molar-refractivity contribution is 6.30. The molecule has 2 fully saturated rings. The molecule has 120 valence electrons. The standard InChI is InChI=1S/C17H18ClN3O2/c18-14-7-5-11(6-8-14)15-19-16(23-20-15)13-2-1-9-21(10-13)17(22)12-3-4-12/h5-8,12-13H,1-4,9-10H2. The molecule has 0 bridgehead atoms. The summed E-state index contributed by atoms with van der Waals surface area (Å²) in [6, 6.07) is 7.37. The number of likely N-dealkylation sites (tertiary alicyclic amines) is 1. The topological polar surface area (TPSA) is 59.2 Å². The quantitative estimate of drug-likeness (QED) is 0.863. The molecule has 0 spiro atoms. The number of hydrogen-bond acceptors (Lipinski definition) is 4.